The van der Waals surface area contributed by atoms with Gasteiger partial charge in [-0.3, -0.25) is 9.59 Å². The molecule has 9 unspecified atom stereocenters. The van der Waals surface area contributed by atoms with Crippen molar-refractivity contribution >= 4 is 23.9 Å². The second kappa shape index (κ2) is 20.7. The quantitative estimate of drug-likeness (QED) is 0.0894. The van der Waals surface area contributed by atoms with Crippen molar-refractivity contribution in [2.75, 3.05) is 33.4 Å². The van der Waals surface area contributed by atoms with Crippen LogP contribution in [0.1, 0.15) is 39.0 Å². The number of aliphatic hydroxyl groups is 5. The lowest BCUT2D eigenvalue weighted by molar-refractivity contribution is -0.298. The number of nitrogens with one attached hydrogen (secondary N) is 1. The first-order valence-corrected chi connectivity index (χ1v) is 20.8. The Bertz CT molecular complexity index is 2180. The van der Waals surface area contributed by atoms with E-state index in [0.29, 0.717) is 16.7 Å². The van der Waals surface area contributed by atoms with Crippen LogP contribution in [0.4, 0.5) is 0 Å². The molecule has 0 saturated carbocycles. The van der Waals surface area contributed by atoms with Gasteiger partial charge in [0.25, 0.3) is 0 Å². The van der Waals surface area contributed by atoms with Crippen LogP contribution >= 0.6 is 0 Å². The summed E-state index contributed by atoms with van der Waals surface area (Å²) >= 11 is 0. The van der Waals surface area contributed by atoms with E-state index in [9.17, 15) is 39.9 Å². The minimum absolute atomic E-state index is 0.00970. The third-order valence-electron chi connectivity index (χ3n) is 11.3. The molecule has 2 fully saturated rings. The number of carbonyl (C=O) groups excluding carboxylic acids is 3. The Balaban J connectivity index is 1.14. The highest BCUT2D eigenvalue weighted by Crippen LogP contribution is 2.47. The smallest absolute Gasteiger partial charge is 0.338 e. The average molecular weight is 865 g/mol. The molecule has 9 atom stereocenters. The van der Waals surface area contributed by atoms with E-state index >= 15 is 0 Å². The van der Waals surface area contributed by atoms with Crippen LogP contribution in [0.15, 0.2) is 133 Å². The van der Waals surface area contributed by atoms with Crippen LogP contribution in [0.2, 0.25) is 0 Å². The molecule has 2 aliphatic heterocycles. The molecule has 1 aliphatic carbocycles. The van der Waals surface area contributed by atoms with Crippen LogP contribution in [0.5, 0.6) is 0 Å². The third-order valence-corrected chi connectivity index (χ3v) is 11.3. The Morgan fingerprint density at radius 3 is 2.17 bits per heavy atom. The zero-order valence-corrected chi connectivity index (χ0v) is 34.6. The van der Waals surface area contributed by atoms with Gasteiger partial charge in [0, 0.05) is 43.1 Å². The van der Waals surface area contributed by atoms with Gasteiger partial charge in [0.2, 0.25) is 17.6 Å². The molecule has 2 amide bonds. The zero-order valence-electron chi connectivity index (χ0n) is 34.6. The fourth-order valence-corrected chi connectivity index (χ4v) is 8.00. The Kier molecular flexibility index (Phi) is 14.9. The van der Waals surface area contributed by atoms with Crippen molar-refractivity contribution in [2.45, 2.75) is 73.7 Å². The van der Waals surface area contributed by atoms with Crippen molar-refractivity contribution in [1.82, 2.24) is 10.2 Å². The zero-order chi connectivity index (χ0) is 44.5. The highest BCUT2D eigenvalue weighted by atomic mass is 16.8. The second-order valence-electron chi connectivity index (χ2n) is 15.5. The van der Waals surface area contributed by atoms with Crippen molar-refractivity contribution in [3.8, 4) is 0 Å². The molecular weight excluding hydrogens is 813 g/mol. The van der Waals surface area contributed by atoms with Crippen molar-refractivity contribution in [3.05, 3.63) is 161 Å². The monoisotopic (exact) mass is 864 g/mol. The van der Waals surface area contributed by atoms with Crippen molar-refractivity contribution in [2.24, 2.45) is 0 Å². The first kappa shape index (κ1) is 45.4. The van der Waals surface area contributed by atoms with E-state index in [1.54, 1.807) is 49.5 Å². The van der Waals surface area contributed by atoms with Gasteiger partial charge in [0.15, 0.2) is 6.29 Å². The van der Waals surface area contributed by atoms with Gasteiger partial charge in [0.1, 0.15) is 48.8 Å². The van der Waals surface area contributed by atoms with E-state index in [-0.39, 0.29) is 43.7 Å². The number of likely N-dealkylation sites (N-methyl/N-ethyl adjacent to an activating group) is 1. The van der Waals surface area contributed by atoms with Gasteiger partial charge >= 0.3 is 5.97 Å². The number of fused-ring (bicyclic) bond motifs is 1. The molecule has 15 heteroatoms. The topological polar surface area (TPSA) is 214 Å². The van der Waals surface area contributed by atoms with E-state index in [4.69, 9.17) is 23.7 Å². The fourth-order valence-electron chi connectivity index (χ4n) is 8.00. The van der Waals surface area contributed by atoms with Crippen LogP contribution in [0.3, 0.4) is 0 Å². The number of aliphatic hydroxyl groups excluding tert-OH is 5. The summed E-state index contributed by atoms with van der Waals surface area (Å²) in [5, 5.41) is 52.0. The highest BCUT2D eigenvalue weighted by molar-refractivity contribution is 5.97. The molecule has 0 aromatic heterocycles. The summed E-state index contributed by atoms with van der Waals surface area (Å²) in [4.78, 5) is 43.5. The lowest BCUT2D eigenvalue weighted by Gasteiger charge is -2.39. The molecule has 332 valence electrons. The van der Waals surface area contributed by atoms with Gasteiger partial charge in [-0.1, -0.05) is 115 Å². The van der Waals surface area contributed by atoms with Crippen LogP contribution < -0.4 is 5.32 Å². The number of ether oxygens (including phenoxy) is 5. The maximum absolute atomic E-state index is 14.6. The maximum Gasteiger partial charge on any atom is 0.338 e. The minimum atomic E-state index is -1.58. The van der Waals surface area contributed by atoms with E-state index in [1.165, 1.54) is 4.90 Å². The minimum Gasteiger partial charge on any atom is -0.456 e. The standard InChI is InChI=1S/C48H52N2O13/c1-50(36(44(56)49-22-23-51)26-31-13-5-2-6-14-31)45(57)33-27-37(43-38(28-33)62-48(63-43,34-18-7-3-8-19-34)35-20-9-4-10-21-35)60-46(58)32-17-11-15-30(25-32)16-12-24-59-47-42(55)41(54)40(53)39(29-52)61-47/h2-21,25,28,36-43,47,51-55H,22-24,26-27,29H2,1H3,(H,49,56). The number of benzene rings is 4. The SMILES string of the molecule is CN(C(=O)C1=CC2OC(c3ccccc3)(c3ccccc3)OC2C(OC(=O)c2cccc(C=CCOC3OC(CO)C(O)C(O)C3O)c2)C1)C(Cc1ccccc1)C(=O)NCCO. The number of amides is 2. The summed E-state index contributed by atoms with van der Waals surface area (Å²) in [6.45, 7) is -0.937. The normalized spacial score (nSPS) is 25.7. The van der Waals surface area contributed by atoms with E-state index in [2.05, 4.69) is 5.32 Å². The summed E-state index contributed by atoms with van der Waals surface area (Å²) in [5.74, 6) is -3.05. The largest absolute Gasteiger partial charge is 0.456 e. The number of hydrogen-bond acceptors (Lipinski definition) is 13. The molecular formula is C48H52N2O13. The van der Waals surface area contributed by atoms with Crippen LogP contribution in [-0.2, 0) is 45.5 Å². The lowest BCUT2D eigenvalue weighted by atomic mass is 9.90. The molecule has 0 bridgehead atoms. The van der Waals surface area contributed by atoms with Crippen LogP contribution in [0.25, 0.3) is 6.08 Å². The molecule has 4 aromatic rings. The predicted molar refractivity (Wildman–Crippen MR) is 227 cm³/mol. The van der Waals surface area contributed by atoms with Gasteiger partial charge in [-0.15, -0.1) is 0 Å². The molecule has 0 spiro atoms. The molecule has 2 heterocycles. The molecule has 3 aliphatic rings. The number of hydrogen-bond donors (Lipinski definition) is 6. The van der Waals surface area contributed by atoms with Gasteiger partial charge in [-0.25, -0.2) is 4.79 Å². The molecule has 63 heavy (non-hydrogen) atoms. The van der Waals surface area contributed by atoms with E-state index in [0.717, 1.165) is 5.56 Å². The Hall–Kier alpha value is -5.59. The Morgan fingerprint density at radius 1 is 0.857 bits per heavy atom. The molecule has 15 nitrogen and oxygen atoms in total. The summed E-state index contributed by atoms with van der Waals surface area (Å²) < 4.78 is 31.0. The molecule has 6 N–H and O–H groups in total. The predicted octanol–water partition coefficient (Wildman–Crippen LogP) is 2.24. The molecule has 2 saturated heterocycles. The maximum atomic E-state index is 14.6. The lowest BCUT2D eigenvalue weighted by Crippen LogP contribution is -2.59. The summed E-state index contributed by atoms with van der Waals surface area (Å²) in [5.41, 5.74) is 3.24. The van der Waals surface area contributed by atoms with Crippen molar-refractivity contribution < 1.29 is 63.6 Å². The summed E-state index contributed by atoms with van der Waals surface area (Å²) in [7, 11) is 1.54. The van der Waals surface area contributed by atoms with Crippen LogP contribution in [0, 0.1) is 0 Å². The number of carbonyl (C=O) groups is 3. The van der Waals surface area contributed by atoms with E-state index in [1.807, 2.05) is 91.0 Å². The van der Waals surface area contributed by atoms with Gasteiger partial charge in [-0.05, 0) is 29.3 Å². The van der Waals surface area contributed by atoms with Gasteiger partial charge in [0.05, 0.1) is 25.4 Å². The van der Waals surface area contributed by atoms with Crippen molar-refractivity contribution in [3.63, 3.8) is 0 Å². The molecule has 7 rings (SSSR count). The number of esters is 1. The highest BCUT2D eigenvalue weighted by Gasteiger charge is 2.55. The van der Waals surface area contributed by atoms with Crippen LogP contribution in [-0.4, -0.2) is 137 Å². The Labute approximate surface area is 364 Å². The molecule has 0 radical (unpaired) electrons. The second-order valence-corrected chi connectivity index (χ2v) is 15.5. The fraction of sp³-hybridized carbons (Fsp3) is 0.354. The summed E-state index contributed by atoms with van der Waals surface area (Å²) in [6, 6.07) is 33.7. The van der Waals surface area contributed by atoms with E-state index < -0.39 is 85.2 Å². The van der Waals surface area contributed by atoms with Gasteiger partial charge < -0.3 is 59.4 Å². The number of rotatable bonds is 16. The van der Waals surface area contributed by atoms with Gasteiger partial charge in [-0.2, -0.15) is 0 Å². The first-order chi connectivity index (χ1) is 30.5. The summed E-state index contributed by atoms with van der Waals surface area (Å²) in [6.07, 6.45) is -4.75. The number of nitrogens with zero attached hydrogens (tertiary/aromatic N) is 1. The molecule has 4 aromatic carbocycles. The van der Waals surface area contributed by atoms with Crippen molar-refractivity contribution in [1.29, 1.82) is 0 Å². The Morgan fingerprint density at radius 2 is 1.52 bits per heavy atom. The third kappa shape index (κ3) is 10.3. The first-order valence-electron chi connectivity index (χ1n) is 20.8. The average Bonchev–Trinajstić information content (AvgIpc) is 3.73.